The van der Waals surface area contributed by atoms with Gasteiger partial charge in [0.25, 0.3) is 0 Å². The second kappa shape index (κ2) is 7.59. The first-order valence-electron chi connectivity index (χ1n) is 7.38. The first-order chi connectivity index (χ1) is 9.65. The maximum Gasteiger partial charge on any atom is 0.321 e. The SMILES string of the molecule is CC(C)c1cnc(NC(=O)NCCN2CCCCC2)s1. The molecule has 1 aliphatic rings. The lowest BCUT2D eigenvalue weighted by molar-refractivity contribution is 0.224. The molecule has 1 aromatic rings. The summed E-state index contributed by atoms with van der Waals surface area (Å²) in [5.41, 5.74) is 0. The number of nitrogens with one attached hydrogen (secondary N) is 2. The lowest BCUT2D eigenvalue weighted by Gasteiger charge is -2.26. The molecule has 2 amide bonds. The lowest BCUT2D eigenvalue weighted by Crippen LogP contribution is -2.39. The van der Waals surface area contributed by atoms with E-state index < -0.39 is 0 Å². The molecule has 0 aromatic carbocycles. The molecule has 2 N–H and O–H groups in total. The average Bonchev–Trinajstić information content (AvgIpc) is 2.88. The Bertz CT molecular complexity index is 427. The minimum Gasteiger partial charge on any atom is -0.337 e. The van der Waals surface area contributed by atoms with Crippen LogP contribution in [-0.4, -0.2) is 42.1 Å². The van der Waals surface area contributed by atoms with Crippen LogP contribution in [0.5, 0.6) is 0 Å². The van der Waals surface area contributed by atoms with Crippen molar-refractivity contribution in [2.45, 2.75) is 39.0 Å². The van der Waals surface area contributed by atoms with E-state index in [9.17, 15) is 4.79 Å². The highest BCUT2D eigenvalue weighted by Gasteiger charge is 2.11. The van der Waals surface area contributed by atoms with Crippen molar-refractivity contribution in [2.75, 3.05) is 31.5 Å². The predicted molar refractivity (Wildman–Crippen MR) is 83.5 cm³/mol. The summed E-state index contributed by atoms with van der Waals surface area (Å²) >= 11 is 1.54. The zero-order valence-corrected chi connectivity index (χ0v) is 13.1. The fourth-order valence-electron chi connectivity index (χ4n) is 2.26. The van der Waals surface area contributed by atoms with Crippen LogP contribution in [0.4, 0.5) is 9.93 Å². The van der Waals surface area contributed by atoms with E-state index in [1.165, 1.54) is 35.5 Å². The smallest absolute Gasteiger partial charge is 0.321 e. The quantitative estimate of drug-likeness (QED) is 0.878. The number of nitrogens with zero attached hydrogens (tertiary/aromatic N) is 2. The van der Waals surface area contributed by atoms with Gasteiger partial charge in [0.15, 0.2) is 5.13 Å². The van der Waals surface area contributed by atoms with Gasteiger partial charge in [0.2, 0.25) is 0 Å². The molecule has 1 saturated heterocycles. The van der Waals surface area contributed by atoms with Gasteiger partial charge in [-0.15, -0.1) is 11.3 Å². The monoisotopic (exact) mass is 296 g/mol. The number of hydrogen-bond acceptors (Lipinski definition) is 4. The van der Waals surface area contributed by atoms with Crippen LogP contribution in [0, 0.1) is 0 Å². The summed E-state index contributed by atoms with van der Waals surface area (Å²) < 4.78 is 0. The Kier molecular flexibility index (Phi) is 5.79. The van der Waals surface area contributed by atoms with Gasteiger partial charge in [-0.25, -0.2) is 9.78 Å². The van der Waals surface area contributed by atoms with Crippen LogP contribution in [0.2, 0.25) is 0 Å². The minimum absolute atomic E-state index is 0.160. The first-order valence-corrected chi connectivity index (χ1v) is 8.19. The molecule has 5 nitrogen and oxygen atoms in total. The first kappa shape index (κ1) is 15.3. The molecule has 1 aliphatic heterocycles. The maximum atomic E-state index is 11.8. The largest absolute Gasteiger partial charge is 0.337 e. The zero-order chi connectivity index (χ0) is 14.4. The van der Waals surface area contributed by atoms with Crippen LogP contribution in [0.1, 0.15) is 43.9 Å². The summed E-state index contributed by atoms with van der Waals surface area (Å²) in [6.45, 7) is 8.18. The van der Waals surface area contributed by atoms with Crippen molar-refractivity contribution >= 4 is 22.5 Å². The summed E-state index contributed by atoms with van der Waals surface area (Å²) in [4.78, 5) is 19.6. The molecular formula is C14H24N4OS. The van der Waals surface area contributed by atoms with Gasteiger partial charge in [-0.3, -0.25) is 5.32 Å². The molecular weight excluding hydrogens is 272 g/mol. The normalized spacial score (nSPS) is 16.4. The Morgan fingerprint density at radius 2 is 2.15 bits per heavy atom. The summed E-state index contributed by atoms with van der Waals surface area (Å²) in [6.07, 6.45) is 5.73. The lowest BCUT2D eigenvalue weighted by atomic mass is 10.1. The van der Waals surface area contributed by atoms with Crippen LogP contribution in [-0.2, 0) is 0 Å². The number of carbonyl (C=O) groups is 1. The van der Waals surface area contributed by atoms with E-state index in [2.05, 4.69) is 34.4 Å². The van der Waals surface area contributed by atoms with E-state index in [1.54, 1.807) is 0 Å². The van der Waals surface area contributed by atoms with Crippen molar-refractivity contribution in [1.29, 1.82) is 0 Å². The van der Waals surface area contributed by atoms with Gasteiger partial charge in [-0.05, 0) is 31.8 Å². The third-order valence-corrected chi connectivity index (χ3v) is 4.69. The topological polar surface area (TPSA) is 57.3 Å². The van der Waals surface area contributed by atoms with Gasteiger partial charge in [0.05, 0.1) is 0 Å². The molecule has 0 saturated carbocycles. The van der Waals surface area contributed by atoms with Crippen molar-refractivity contribution in [3.8, 4) is 0 Å². The third kappa shape index (κ3) is 4.76. The highest BCUT2D eigenvalue weighted by molar-refractivity contribution is 7.15. The second-order valence-electron chi connectivity index (χ2n) is 5.51. The van der Waals surface area contributed by atoms with E-state index in [-0.39, 0.29) is 6.03 Å². The number of aromatic nitrogens is 1. The molecule has 20 heavy (non-hydrogen) atoms. The van der Waals surface area contributed by atoms with Crippen molar-refractivity contribution in [3.05, 3.63) is 11.1 Å². The van der Waals surface area contributed by atoms with E-state index in [0.29, 0.717) is 17.6 Å². The summed E-state index contributed by atoms with van der Waals surface area (Å²) in [5.74, 6) is 0.449. The number of anilines is 1. The van der Waals surface area contributed by atoms with E-state index >= 15 is 0 Å². The minimum atomic E-state index is -0.160. The van der Waals surface area contributed by atoms with Gasteiger partial charge >= 0.3 is 6.03 Å². The molecule has 0 aliphatic carbocycles. The Labute approximate surface area is 124 Å². The fraction of sp³-hybridized carbons (Fsp3) is 0.714. The molecule has 1 fully saturated rings. The summed E-state index contributed by atoms with van der Waals surface area (Å²) in [5, 5.41) is 6.36. The van der Waals surface area contributed by atoms with Gasteiger partial charge in [0, 0.05) is 24.2 Å². The summed E-state index contributed by atoms with van der Waals surface area (Å²) in [7, 11) is 0. The molecule has 0 spiro atoms. The molecule has 2 rings (SSSR count). The highest BCUT2D eigenvalue weighted by atomic mass is 32.1. The maximum absolute atomic E-state index is 11.8. The number of rotatable bonds is 5. The third-order valence-electron chi connectivity index (χ3n) is 3.48. The fourth-order valence-corrected chi connectivity index (χ4v) is 3.08. The molecule has 2 heterocycles. The number of piperidine rings is 1. The second-order valence-corrected chi connectivity index (χ2v) is 6.57. The number of carbonyl (C=O) groups excluding carboxylic acids is 1. The van der Waals surface area contributed by atoms with Gasteiger partial charge in [-0.1, -0.05) is 20.3 Å². The molecule has 1 aromatic heterocycles. The molecule has 6 heteroatoms. The number of likely N-dealkylation sites (tertiary alicyclic amines) is 1. The van der Waals surface area contributed by atoms with Crippen molar-refractivity contribution < 1.29 is 4.79 Å². The van der Waals surface area contributed by atoms with Gasteiger partial charge in [0.1, 0.15) is 0 Å². The van der Waals surface area contributed by atoms with E-state index in [0.717, 1.165) is 19.6 Å². The Balaban J connectivity index is 1.66. The molecule has 0 unspecified atom stereocenters. The van der Waals surface area contributed by atoms with E-state index in [4.69, 9.17) is 0 Å². The van der Waals surface area contributed by atoms with Crippen LogP contribution < -0.4 is 10.6 Å². The number of thiazole rings is 1. The van der Waals surface area contributed by atoms with E-state index in [1.807, 2.05) is 6.20 Å². The standard InChI is InChI=1S/C14H24N4OS/c1-11(2)12-10-16-14(20-12)17-13(19)15-6-9-18-7-4-3-5-8-18/h10-11H,3-9H2,1-2H3,(H2,15,16,17,19). The average molecular weight is 296 g/mol. The van der Waals surface area contributed by atoms with Crippen molar-refractivity contribution in [2.24, 2.45) is 0 Å². The van der Waals surface area contributed by atoms with Crippen LogP contribution in [0.15, 0.2) is 6.20 Å². The molecule has 0 bridgehead atoms. The van der Waals surface area contributed by atoms with Crippen molar-refractivity contribution in [3.63, 3.8) is 0 Å². The Hall–Kier alpha value is -1.14. The number of urea groups is 1. The van der Waals surface area contributed by atoms with Crippen LogP contribution in [0.25, 0.3) is 0 Å². The van der Waals surface area contributed by atoms with Gasteiger partial charge < -0.3 is 10.2 Å². The van der Waals surface area contributed by atoms with Crippen molar-refractivity contribution in [1.82, 2.24) is 15.2 Å². The number of amides is 2. The van der Waals surface area contributed by atoms with Gasteiger partial charge in [-0.2, -0.15) is 0 Å². The molecule has 0 atom stereocenters. The molecule has 0 radical (unpaired) electrons. The Morgan fingerprint density at radius 3 is 2.80 bits per heavy atom. The van der Waals surface area contributed by atoms with Crippen LogP contribution in [0.3, 0.4) is 0 Å². The number of hydrogen-bond donors (Lipinski definition) is 2. The summed E-state index contributed by atoms with van der Waals surface area (Å²) in [6, 6.07) is -0.160. The highest BCUT2D eigenvalue weighted by Crippen LogP contribution is 2.24. The zero-order valence-electron chi connectivity index (χ0n) is 12.3. The molecule has 112 valence electrons. The van der Waals surface area contributed by atoms with Crippen LogP contribution >= 0.6 is 11.3 Å². The predicted octanol–water partition coefficient (Wildman–Crippen LogP) is 2.87. The Morgan fingerprint density at radius 1 is 1.40 bits per heavy atom.